The number of likely N-dealkylation sites (N-methyl/N-ethyl adjacent to an activating group) is 1. The van der Waals surface area contributed by atoms with Gasteiger partial charge in [-0.05, 0) is 50.9 Å². The molecule has 2 aromatic rings. The molecule has 0 unspecified atom stereocenters. The average molecular weight is 395 g/mol. The van der Waals surface area contributed by atoms with Gasteiger partial charge in [-0.3, -0.25) is 4.98 Å². The van der Waals surface area contributed by atoms with Crippen LogP contribution in [-0.4, -0.2) is 71.6 Å². The highest BCUT2D eigenvalue weighted by Crippen LogP contribution is 2.27. The highest BCUT2D eigenvalue weighted by molar-refractivity contribution is 6.07. The molecular formula is C22H30N6O. The van der Waals surface area contributed by atoms with Gasteiger partial charge in [0.05, 0.1) is 22.9 Å². The average Bonchev–Trinajstić information content (AvgIpc) is 2.71. The Bertz CT molecular complexity index is 907. The van der Waals surface area contributed by atoms with Crippen molar-refractivity contribution in [2.75, 3.05) is 38.2 Å². The third-order valence-corrected chi connectivity index (χ3v) is 6.27. The Morgan fingerprint density at radius 3 is 2.86 bits per heavy atom. The van der Waals surface area contributed by atoms with E-state index in [0.717, 1.165) is 43.5 Å². The molecular weight excluding hydrogens is 364 g/mol. The van der Waals surface area contributed by atoms with E-state index in [2.05, 4.69) is 46.2 Å². The van der Waals surface area contributed by atoms with E-state index in [0.29, 0.717) is 29.3 Å². The largest absolute Gasteiger partial charge is 0.396 e. The maximum absolute atomic E-state index is 9.15. The number of nitrogens with one attached hydrogen (secondary N) is 2. The first-order valence-electron chi connectivity index (χ1n) is 10.4. The molecule has 3 N–H and O–H groups in total. The molecule has 1 saturated carbocycles. The number of hydrogen-bond donors (Lipinski definition) is 3. The predicted molar refractivity (Wildman–Crippen MR) is 117 cm³/mol. The number of aliphatic hydroxyl groups excluding tert-OH is 1. The first kappa shape index (κ1) is 19.8. The Morgan fingerprint density at radius 1 is 1.31 bits per heavy atom. The Hall–Kier alpha value is -2.51. The molecule has 1 saturated heterocycles. The van der Waals surface area contributed by atoms with Crippen molar-refractivity contribution in [2.24, 2.45) is 5.92 Å². The van der Waals surface area contributed by atoms with E-state index < -0.39 is 0 Å². The summed E-state index contributed by atoms with van der Waals surface area (Å²) in [4.78, 5) is 14.1. The van der Waals surface area contributed by atoms with Gasteiger partial charge in [-0.15, -0.1) is 0 Å². The fraction of sp³-hybridized carbons (Fsp3) is 0.500. The van der Waals surface area contributed by atoms with Crippen molar-refractivity contribution in [1.29, 1.82) is 5.41 Å². The van der Waals surface area contributed by atoms with Crippen molar-refractivity contribution in [3.8, 4) is 0 Å². The van der Waals surface area contributed by atoms with E-state index in [4.69, 9.17) is 15.5 Å². The van der Waals surface area contributed by atoms with Gasteiger partial charge in [0, 0.05) is 62.0 Å². The van der Waals surface area contributed by atoms with Crippen molar-refractivity contribution in [3.63, 3.8) is 0 Å². The smallest absolute Gasteiger partial charge is 0.0922 e. The van der Waals surface area contributed by atoms with Crippen molar-refractivity contribution in [2.45, 2.75) is 31.8 Å². The Balaban J connectivity index is 1.53. The number of fused-ring (bicyclic) bond motifs is 1. The summed E-state index contributed by atoms with van der Waals surface area (Å²) in [6, 6.07) is 7.14. The molecule has 2 heterocycles. The first-order chi connectivity index (χ1) is 14.1. The summed E-state index contributed by atoms with van der Waals surface area (Å²) in [5, 5.41) is 20.3. The Morgan fingerprint density at radius 2 is 2.14 bits per heavy atom. The molecule has 2 aliphatic rings. The lowest BCUT2D eigenvalue weighted by atomic mass is 9.81. The molecule has 1 aliphatic carbocycles. The maximum atomic E-state index is 9.15. The second kappa shape index (κ2) is 8.47. The minimum Gasteiger partial charge on any atom is -0.396 e. The molecule has 1 aromatic carbocycles. The van der Waals surface area contributed by atoms with Crippen LogP contribution >= 0.6 is 0 Å². The lowest BCUT2D eigenvalue weighted by molar-refractivity contribution is 0.134. The number of aromatic nitrogens is 2. The van der Waals surface area contributed by atoms with Crippen LogP contribution in [0.15, 0.2) is 30.6 Å². The van der Waals surface area contributed by atoms with Gasteiger partial charge in [0.15, 0.2) is 0 Å². The molecule has 0 amide bonds. The maximum Gasteiger partial charge on any atom is 0.0922 e. The van der Waals surface area contributed by atoms with E-state index in [1.807, 2.05) is 12.3 Å². The summed E-state index contributed by atoms with van der Waals surface area (Å²) in [5.74, 6) is 0.403. The monoisotopic (exact) mass is 394 g/mol. The molecule has 7 nitrogen and oxygen atoms in total. The molecule has 2 fully saturated rings. The second-order valence-electron chi connectivity index (χ2n) is 8.33. The van der Waals surface area contributed by atoms with Gasteiger partial charge in [0.2, 0.25) is 0 Å². The highest BCUT2D eigenvalue weighted by atomic mass is 16.3. The van der Waals surface area contributed by atoms with Crippen LogP contribution in [0.3, 0.4) is 0 Å². The molecule has 0 radical (unpaired) electrons. The number of hydrogen-bond acceptors (Lipinski definition) is 7. The van der Waals surface area contributed by atoms with E-state index in [-0.39, 0.29) is 6.61 Å². The van der Waals surface area contributed by atoms with Gasteiger partial charge >= 0.3 is 0 Å². The third kappa shape index (κ3) is 4.26. The Labute approximate surface area is 172 Å². The van der Waals surface area contributed by atoms with Crippen LogP contribution in [0.5, 0.6) is 0 Å². The number of nitrogens with zero attached hydrogens (tertiary/aromatic N) is 4. The second-order valence-corrected chi connectivity index (χ2v) is 8.33. The van der Waals surface area contributed by atoms with E-state index in [1.54, 1.807) is 6.20 Å². The fourth-order valence-electron chi connectivity index (χ4n) is 4.04. The van der Waals surface area contributed by atoms with Crippen LogP contribution in [0, 0.1) is 11.3 Å². The highest BCUT2D eigenvalue weighted by Gasteiger charge is 2.27. The number of benzene rings is 1. The van der Waals surface area contributed by atoms with Crippen LogP contribution in [0.1, 0.15) is 25.5 Å². The molecule has 1 aliphatic heterocycles. The SMILES string of the molecule is C[C@@H]1CN(c2ccc3ncc(/C(C=N)=C/NC4CC(CO)C4)nc3c2)CCN1C. The van der Waals surface area contributed by atoms with Crippen molar-refractivity contribution in [3.05, 3.63) is 36.3 Å². The lowest BCUT2D eigenvalue weighted by Crippen LogP contribution is -2.50. The molecule has 154 valence electrons. The van der Waals surface area contributed by atoms with Gasteiger partial charge in [0.1, 0.15) is 0 Å². The standard InChI is InChI=1S/C22H30N6O/c1-15-13-28(6-5-27(15)2)19-3-4-20-21(9-19)26-22(12-25-20)17(10-23)11-24-18-7-16(8-18)14-29/h3-4,9-12,15-16,18,23-24,29H,5-8,13-14H2,1-2H3/b17-11+,23-10?/t15-,16?,18?/m1/s1. The summed E-state index contributed by atoms with van der Waals surface area (Å²) < 4.78 is 0. The summed E-state index contributed by atoms with van der Waals surface area (Å²) in [7, 11) is 2.17. The number of anilines is 1. The molecule has 4 rings (SSSR count). The van der Waals surface area contributed by atoms with Crippen molar-refractivity contribution in [1.82, 2.24) is 20.2 Å². The van der Waals surface area contributed by atoms with Gasteiger partial charge in [0.25, 0.3) is 0 Å². The van der Waals surface area contributed by atoms with Crippen LogP contribution in [0.4, 0.5) is 5.69 Å². The van der Waals surface area contributed by atoms with Crippen molar-refractivity contribution >= 4 is 28.5 Å². The van der Waals surface area contributed by atoms with E-state index in [9.17, 15) is 0 Å². The van der Waals surface area contributed by atoms with Gasteiger partial charge < -0.3 is 25.6 Å². The van der Waals surface area contributed by atoms with Gasteiger partial charge in [-0.2, -0.15) is 0 Å². The number of rotatable bonds is 6. The molecule has 0 bridgehead atoms. The Kier molecular flexibility index (Phi) is 5.78. The molecule has 7 heteroatoms. The lowest BCUT2D eigenvalue weighted by Gasteiger charge is -2.39. The number of aliphatic hydroxyl groups is 1. The van der Waals surface area contributed by atoms with E-state index >= 15 is 0 Å². The normalized spacial score (nSPS) is 25.7. The molecule has 0 spiro atoms. The van der Waals surface area contributed by atoms with E-state index in [1.165, 1.54) is 11.9 Å². The van der Waals surface area contributed by atoms with Crippen LogP contribution in [0.2, 0.25) is 0 Å². The zero-order valence-electron chi connectivity index (χ0n) is 17.2. The summed E-state index contributed by atoms with van der Waals surface area (Å²) in [6.07, 6.45) is 6.84. The summed E-state index contributed by atoms with van der Waals surface area (Å²) in [6.45, 7) is 5.57. The third-order valence-electron chi connectivity index (χ3n) is 6.27. The van der Waals surface area contributed by atoms with Crippen molar-refractivity contribution < 1.29 is 5.11 Å². The fourth-order valence-corrected chi connectivity index (χ4v) is 4.04. The summed E-state index contributed by atoms with van der Waals surface area (Å²) in [5.41, 5.74) is 4.30. The quantitative estimate of drug-likeness (QED) is 0.651. The van der Waals surface area contributed by atoms with Crippen LogP contribution in [-0.2, 0) is 0 Å². The predicted octanol–water partition coefficient (Wildman–Crippen LogP) is 2.12. The minimum absolute atomic E-state index is 0.254. The van der Waals surface area contributed by atoms with Gasteiger partial charge in [-0.1, -0.05) is 0 Å². The van der Waals surface area contributed by atoms with Crippen LogP contribution in [0.25, 0.3) is 16.6 Å². The van der Waals surface area contributed by atoms with Gasteiger partial charge in [-0.25, -0.2) is 4.98 Å². The minimum atomic E-state index is 0.254. The zero-order chi connectivity index (χ0) is 20.4. The molecule has 1 atom stereocenters. The molecule has 29 heavy (non-hydrogen) atoms. The topological polar surface area (TPSA) is 88.4 Å². The number of piperazine rings is 1. The zero-order valence-corrected chi connectivity index (χ0v) is 17.2. The first-order valence-corrected chi connectivity index (χ1v) is 10.4. The molecule has 1 aromatic heterocycles. The number of allylic oxidation sites excluding steroid dienone is 1. The summed E-state index contributed by atoms with van der Waals surface area (Å²) >= 11 is 0. The van der Waals surface area contributed by atoms with Crippen LogP contribution < -0.4 is 10.2 Å².